The van der Waals surface area contributed by atoms with Crippen LogP contribution in [-0.4, -0.2) is 18.0 Å². The number of esters is 1. The van der Waals surface area contributed by atoms with E-state index in [0.717, 1.165) is 5.56 Å². The van der Waals surface area contributed by atoms with Gasteiger partial charge < -0.3 is 10.1 Å². The Kier molecular flexibility index (Phi) is 5.64. The minimum absolute atomic E-state index is 0.231. The van der Waals surface area contributed by atoms with Gasteiger partial charge in [0.2, 0.25) is 0 Å². The molecule has 0 radical (unpaired) electrons. The van der Waals surface area contributed by atoms with Gasteiger partial charge in [0.15, 0.2) is 6.10 Å². The predicted octanol–water partition coefficient (Wildman–Crippen LogP) is 4.49. The Morgan fingerprint density at radius 3 is 2.30 bits per heavy atom. The second-order valence-electron chi connectivity index (χ2n) is 5.03. The smallest absolute Gasteiger partial charge is 0.338 e. The Hall–Kier alpha value is -2.04. The van der Waals surface area contributed by atoms with Gasteiger partial charge in [0.1, 0.15) is 0 Å². The molecule has 0 aliphatic heterocycles. The van der Waals surface area contributed by atoms with E-state index in [1.807, 2.05) is 19.1 Å². The average Bonchev–Trinajstić information content (AvgIpc) is 2.52. The number of carbonyl (C=O) groups is 2. The minimum atomic E-state index is -0.946. The molecule has 2 rings (SSSR count). The third-order valence-electron chi connectivity index (χ3n) is 3.13. The van der Waals surface area contributed by atoms with Crippen molar-refractivity contribution >= 4 is 40.8 Å². The van der Waals surface area contributed by atoms with Gasteiger partial charge in [-0.3, -0.25) is 4.79 Å². The molecule has 1 unspecified atom stereocenters. The zero-order valence-electron chi connectivity index (χ0n) is 12.6. The summed E-state index contributed by atoms with van der Waals surface area (Å²) >= 11 is 11.7. The van der Waals surface area contributed by atoms with Crippen LogP contribution in [0.5, 0.6) is 0 Å². The van der Waals surface area contributed by atoms with Crippen molar-refractivity contribution in [1.29, 1.82) is 0 Å². The highest BCUT2D eigenvalue weighted by Gasteiger charge is 2.19. The molecule has 0 saturated heterocycles. The fraction of sp³-hybridized carbons (Fsp3) is 0.176. The number of aryl methyl sites for hydroxylation is 1. The summed E-state index contributed by atoms with van der Waals surface area (Å²) in [6, 6.07) is 11.7. The first kappa shape index (κ1) is 17.3. The number of benzene rings is 2. The predicted molar refractivity (Wildman–Crippen MR) is 91.1 cm³/mol. The third kappa shape index (κ3) is 4.71. The first-order valence-electron chi connectivity index (χ1n) is 6.90. The number of ether oxygens (including phenoxy) is 1. The summed E-state index contributed by atoms with van der Waals surface area (Å²) in [5.41, 5.74) is 1.95. The average molecular weight is 352 g/mol. The van der Waals surface area contributed by atoms with Crippen LogP contribution in [0.15, 0.2) is 42.5 Å². The first-order chi connectivity index (χ1) is 10.9. The van der Waals surface area contributed by atoms with Crippen LogP contribution in [0.4, 0.5) is 5.69 Å². The van der Waals surface area contributed by atoms with Gasteiger partial charge in [0, 0.05) is 5.69 Å². The van der Waals surface area contributed by atoms with Gasteiger partial charge >= 0.3 is 5.97 Å². The van der Waals surface area contributed by atoms with E-state index in [-0.39, 0.29) is 10.6 Å². The Bertz CT molecular complexity index is 729. The summed E-state index contributed by atoms with van der Waals surface area (Å²) in [4.78, 5) is 24.1. The van der Waals surface area contributed by atoms with Gasteiger partial charge in [-0.15, -0.1) is 0 Å². The molecular weight excluding hydrogens is 337 g/mol. The molecule has 0 heterocycles. The van der Waals surface area contributed by atoms with Crippen molar-refractivity contribution < 1.29 is 14.3 Å². The highest BCUT2D eigenvalue weighted by atomic mass is 35.5. The molecule has 4 nitrogen and oxygen atoms in total. The van der Waals surface area contributed by atoms with Gasteiger partial charge in [0.25, 0.3) is 5.91 Å². The van der Waals surface area contributed by atoms with Crippen molar-refractivity contribution in [2.75, 3.05) is 5.32 Å². The summed E-state index contributed by atoms with van der Waals surface area (Å²) in [5, 5.41) is 3.27. The summed E-state index contributed by atoms with van der Waals surface area (Å²) < 4.78 is 5.14. The maximum Gasteiger partial charge on any atom is 0.338 e. The maximum atomic E-state index is 12.0. The van der Waals surface area contributed by atoms with Crippen LogP contribution < -0.4 is 5.32 Å². The van der Waals surface area contributed by atoms with Crippen LogP contribution in [0, 0.1) is 6.92 Å². The first-order valence-corrected chi connectivity index (χ1v) is 7.66. The number of carbonyl (C=O) groups excluding carboxylic acids is 2. The zero-order chi connectivity index (χ0) is 17.0. The van der Waals surface area contributed by atoms with E-state index in [9.17, 15) is 9.59 Å². The lowest BCUT2D eigenvalue weighted by Gasteiger charge is -2.14. The molecule has 1 amide bonds. The lowest BCUT2D eigenvalue weighted by molar-refractivity contribution is -0.123. The highest BCUT2D eigenvalue weighted by Crippen LogP contribution is 2.23. The molecule has 23 heavy (non-hydrogen) atoms. The fourth-order valence-electron chi connectivity index (χ4n) is 1.79. The molecule has 120 valence electrons. The standard InChI is InChI=1S/C17H15Cl2NO3/c1-10-3-6-13(7-4-10)20-16(21)11(2)23-17(22)12-5-8-14(18)15(19)9-12/h3-9,11H,1-2H3,(H,20,21). The highest BCUT2D eigenvalue weighted by molar-refractivity contribution is 6.42. The van der Waals surface area contributed by atoms with E-state index >= 15 is 0 Å². The molecule has 0 bridgehead atoms. The molecule has 0 aliphatic carbocycles. The Morgan fingerprint density at radius 2 is 1.70 bits per heavy atom. The Morgan fingerprint density at radius 1 is 1.04 bits per heavy atom. The van der Waals surface area contributed by atoms with E-state index in [0.29, 0.717) is 10.7 Å². The molecule has 0 aliphatic rings. The molecule has 2 aromatic carbocycles. The number of halogens is 2. The van der Waals surface area contributed by atoms with Gasteiger partial charge in [-0.2, -0.15) is 0 Å². The van der Waals surface area contributed by atoms with Gasteiger partial charge in [0.05, 0.1) is 15.6 Å². The molecule has 6 heteroatoms. The molecule has 1 atom stereocenters. The molecular formula is C17H15Cl2NO3. The molecule has 0 saturated carbocycles. The monoisotopic (exact) mass is 351 g/mol. The van der Waals surface area contributed by atoms with Gasteiger partial charge in [-0.05, 0) is 44.2 Å². The number of hydrogen-bond acceptors (Lipinski definition) is 3. The largest absolute Gasteiger partial charge is 0.449 e. The third-order valence-corrected chi connectivity index (χ3v) is 3.87. The van der Waals surface area contributed by atoms with Gasteiger partial charge in [-0.1, -0.05) is 40.9 Å². The number of anilines is 1. The summed E-state index contributed by atoms with van der Waals surface area (Å²) in [6.07, 6.45) is -0.946. The summed E-state index contributed by atoms with van der Waals surface area (Å²) in [6.45, 7) is 3.45. The van der Waals surface area contributed by atoms with Gasteiger partial charge in [-0.25, -0.2) is 4.79 Å². The van der Waals surface area contributed by atoms with Crippen LogP contribution in [0.1, 0.15) is 22.8 Å². The molecule has 0 fully saturated rings. The maximum absolute atomic E-state index is 12.0. The molecule has 2 aromatic rings. The lowest BCUT2D eigenvalue weighted by atomic mass is 10.2. The van der Waals surface area contributed by atoms with Crippen LogP contribution >= 0.6 is 23.2 Å². The topological polar surface area (TPSA) is 55.4 Å². The van der Waals surface area contributed by atoms with E-state index in [4.69, 9.17) is 27.9 Å². The van der Waals surface area contributed by atoms with Crippen LogP contribution in [0.25, 0.3) is 0 Å². The van der Waals surface area contributed by atoms with E-state index < -0.39 is 18.0 Å². The van der Waals surface area contributed by atoms with Crippen molar-refractivity contribution in [2.24, 2.45) is 0 Å². The Labute approximate surface area is 144 Å². The summed E-state index contributed by atoms with van der Waals surface area (Å²) in [7, 11) is 0. The van der Waals surface area contributed by atoms with Crippen LogP contribution in [0.3, 0.4) is 0 Å². The normalized spacial score (nSPS) is 11.7. The Balaban J connectivity index is 1.98. The van der Waals surface area contributed by atoms with Crippen molar-refractivity contribution in [1.82, 2.24) is 0 Å². The van der Waals surface area contributed by atoms with Crippen molar-refractivity contribution in [3.05, 3.63) is 63.6 Å². The van der Waals surface area contributed by atoms with Crippen molar-refractivity contribution in [3.63, 3.8) is 0 Å². The van der Waals surface area contributed by atoms with Crippen LogP contribution in [0.2, 0.25) is 10.0 Å². The molecule has 0 spiro atoms. The van der Waals surface area contributed by atoms with Crippen molar-refractivity contribution in [2.45, 2.75) is 20.0 Å². The fourth-order valence-corrected chi connectivity index (χ4v) is 2.08. The second-order valence-corrected chi connectivity index (χ2v) is 5.85. The van der Waals surface area contributed by atoms with E-state index in [2.05, 4.69) is 5.32 Å². The number of hydrogen-bond donors (Lipinski definition) is 1. The van der Waals surface area contributed by atoms with E-state index in [1.54, 1.807) is 12.1 Å². The van der Waals surface area contributed by atoms with Crippen LogP contribution in [-0.2, 0) is 9.53 Å². The second kappa shape index (κ2) is 7.49. The lowest BCUT2D eigenvalue weighted by Crippen LogP contribution is -2.30. The SMILES string of the molecule is Cc1ccc(NC(=O)C(C)OC(=O)c2ccc(Cl)c(Cl)c2)cc1. The number of rotatable bonds is 4. The molecule has 0 aromatic heterocycles. The number of nitrogens with one attached hydrogen (secondary N) is 1. The minimum Gasteiger partial charge on any atom is -0.449 e. The number of amides is 1. The zero-order valence-corrected chi connectivity index (χ0v) is 14.1. The van der Waals surface area contributed by atoms with E-state index in [1.165, 1.54) is 25.1 Å². The molecule has 1 N–H and O–H groups in total. The van der Waals surface area contributed by atoms with Crippen molar-refractivity contribution in [3.8, 4) is 0 Å². The summed E-state index contributed by atoms with van der Waals surface area (Å²) in [5.74, 6) is -1.06. The quantitative estimate of drug-likeness (QED) is 0.825.